The maximum Gasteiger partial charge on any atom is 0.410 e. The van der Waals surface area contributed by atoms with Gasteiger partial charge < -0.3 is 30.9 Å². The van der Waals surface area contributed by atoms with Crippen LogP contribution in [0.15, 0.2) is 4.99 Å². The molecule has 1 rings (SSSR count). The lowest BCUT2D eigenvalue weighted by Gasteiger charge is -2.32. The molecule has 0 aromatic carbocycles. The van der Waals surface area contributed by atoms with E-state index in [0.717, 1.165) is 31.8 Å². The zero-order chi connectivity index (χ0) is 21.2. The summed E-state index contributed by atoms with van der Waals surface area (Å²) in [6.07, 6.45) is 2.21. The van der Waals surface area contributed by atoms with E-state index in [1.807, 2.05) is 34.6 Å². The van der Waals surface area contributed by atoms with Crippen LogP contribution >= 0.6 is 0 Å². The molecule has 4 N–H and O–H groups in total. The molecule has 1 fully saturated rings. The topological polar surface area (TPSA) is 112 Å². The third kappa shape index (κ3) is 9.14. The molecule has 1 aliphatic heterocycles. The summed E-state index contributed by atoms with van der Waals surface area (Å²) in [5, 5.41) is 6.65. The molecule has 0 unspecified atom stereocenters. The van der Waals surface area contributed by atoms with E-state index in [0.29, 0.717) is 32.7 Å². The van der Waals surface area contributed by atoms with Crippen molar-refractivity contribution in [2.45, 2.75) is 65.5 Å². The van der Waals surface area contributed by atoms with Crippen molar-refractivity contribution in [1.29, 1.82) is 0 Å². The van der Waals surface area contributed by atoms with Gasteiger partial charge in [0.05, 0.1) is 6.54 Å². The van der Waals surface area contributed by atoms with Gasteiger partial charge in [-0.15, -0.1) is 0 Å². The Balaban J connectivity index is 2.57. The van der Waals surface area contributed by atoms with Crippen LogP contribution in [0.4, 0.5) is 9.59 Å². The highest BCUT2D eigenvalue weighted by atomic mass is 16.6. The summed E-state index contributed by atoms with van der Waals surface area (Å²) in [4.78, 5) is 31.5. The van der Waals surface area contributed by atoms with Crippen molar-refractivity contribution in [3.63, 3.8) is 0 Å². The number of carbonyl (C=O) groups is 2. The average Bonchev–Trinajstić information content (AvgIpc) is 2.60. The highest BCUT2D eigenvalue weighted by Gasteiger charge is 2.23. The summed E-state index contributed by atoms with van der Waals surface area (Å²) in [6.45, 7) is 13.3. The first kappa shape index (κ1) is 23.8. The van der Waals surface area contributed by atoms with Crippen molar-refractivity contribution in [2.24, 2.45) is 10.7 Å². The van der Waals surface area contributed by atoms with E-state index < -0.39 is 5.60 Å². The van der Waals surface area contributed by atoms with Gasteiger partial charge in [0.2, 0.25) is 0 Å². The number of nitrogens with one attached hydrogen (secondary N) is 2. The molecule has 9 nitrogen and oxygen atoms in total. The second-order valence-corrected chi connectivity index (χ2v) is 7.97. The van der Waals surface area contributed by atoms with Gasteiger partial charge in [-0.05, 0) is 47.0 Å². The van der Waals surface area contributed by atoms with Crippen molar-refractivity contribution in [2.75, 3.05) is 39.3 Å². The van der Waals surface area contributed by atoms with Gasteiger partial charge in [-0.2, -0.15) is 0 Å². The molecule has 0 atom stereocenters. The Kier molecular flexibility index (Phi) is 9.89. The predicted molar refractivity (Wildman–Crippen MR) is 111 cm³/mol. The van der Waals surface area contributed by atoms with Gasteiger partial charge in [-0.1, -0.05) is 6.92 Å². The Morgan fingerprint density at radius 2 is 1.86 bits per heavy atom. The van der Waals surface area contributed by atoms with Gasteiger partial charge in [-0.25, -0.2) is 9.59 Å². The number of rotatable bonds is 7. The number of amides is 3. The number of hydrogen-bond acceptors (Lipinski definition) is 4. The zero-order valence-electron chi connectivity index (χ0n) is 18.1. The Bertz CT molecular complexity index is 524. The quantitative estimate of drug-likeness (QED) is 0.447. The van der Waals surface area contributed by atoms with Crippen molar-refractivity contribution in [3.8, 4) is 0 Å². The molecule has 28 heavy (non-hydrogen) atoms. The lowest BCUT2D eigenvalue weighted by atomic mass is 10.1. The number of urea groups is 1. The van der Waals surface area contributed by atoms with Crippen LogP contribution in [-0.2, 0) is 4.74 Å². The van der Waals surface area contributed by atoms with Gasteiger partial charge in [0, 0.05) is 38.8 Å². The molecule has 0 bridgehead atoms. The van der Waals surface area contributed by atoms with Crippen LogP contribution < -0.4 is 16.4 Å². The number of hydrogen-bond donors (Lipinski definition) is 3. The minimum absolute atomic E-state index is 0.242. The summed E-state index contributed by atoms with van der Waals surface area (Å²) in [7, 11) is 0. The number of carbonyl (C=O) groups excluding carboxylic acids is 2. The summed E-state index contributed by atoms with van der Waals surface area (Å²) in [6, 6.07) is -0.122. The molecule has 0 aromatic heterocycles. The SMILES string of the molecule is CCCN(CCN=C(NCC)NC1CCN(C(N)=O)CC1)C(=O)OC(C)(C)C. The summed E-state index contributed by atoms with van der Waals surface area (Å²) in [5.74, 6) is 0.723. The average molecular weight is 399 g/mol. The van der Waals surface area contributed by atoms with Crippen LogP contribution in [0.2, 0.25) is 0 Å². The molecule has 0 radical (unpaired) electrons. The van der Waals surface area contributed by atoms with Crippen LogP contribution in [0, 0.1) is 0 Å². The number of nitrogens with two attached hydrogens (primary N) is 1. The number of aliphatic imine (C=N–C) groups is 1. The highest BCUT2D eigenvalue weighted by Crippen LogP contribution is 2.11. The minimum atomic E-state index is -0.511. The van der Waals surface area contributed by atoms with E-state index in [1.165, 1.54) is 0 Å². The molecule has 0 spiro atoms. The predicted octanol–water partition coefficient (Wildman–Crippen LogP) is 1.73. The molecule has 0 saturated carbocycles. The third-order valence-electron chi connectivity index (χ3n) is 4.28. The summed E-state index contributed by atoms with van der Waals surface area (Å²) < 4.78 is 5.47. The third-order valence-corrected chi connectivity index (χ3v) is 4.28. The van der Waals surface area contributed by atoms with E-state index >= 15 is 0 Å². The Hall–Kier alpha value is -2.19. The number of ether oxygens (including phenoxy) is 1. The highest BCUT2D eigenvalue weighted by molar-refractivity contribution is 5.80. The lowest BCUT2D eigenvalue weighted by molar-refractivity contribution is 0.0256. The molecule has 0 aliphatic carbocycles. The minimum Gasteiger partial charge on any atom is -0.444 e. The van der Waals surface area contributed by atoms with Crippen molar-refractivity contribution in [1.82, 2.24) is 20.4 Å². The molecule has 3 amide bonds. The molecule has 1 aliphatic rings. The summed E-state index contributed by atoms with van der Waals surface area (Å²) in [5.41, 5.74) is 4.82. The van der Waals surface area contributed by atoms with Crippen LogP contribution in [0.1, 0.15) is 53.9 Å². The molecular formula is C19H38N6O3. The summed E-state index contributed by atoms with van der Waals surface area (Å²) >= 11 is 0. The van der Waals surface area contributed by atoms with E-state index in [4.69, 9.17) is 10.5 Å². The number of primary amides is 1. The fourth-order valence-corrected chi connectivity index (χ4v) is 2.93. The number of guanidine groups is 1. The van der Waals surface area contributed by atoms with Crippen LogP contribution in [0.25, 0.3) is 0 Å². The van der Waals surface area contributed by atoms with Gasteiger partial charge in [0.1, 0.15) is 5.60 Å². The molecule has 9 heteroatoms. The first-order valence-electron chi connectivity index (χ1n) is 10.2. The largest absolute Gasteiger partial charge is 0.444 e. The number of piperidine rings is 1. The second kappa shape index (κ2) is 11.6. The Morgan fingerprint density at radius 1 is 1.21 bits per heavy atom. The van der Waals surface area contributed by atoms with Crippen LogP contribution in [-0.4, -0.2) is 78.8 Å². The van der Waals surface area contributed by atoms with Gasteiger partial charge in [-0.3, -0.25) is 4.99 Å². The van der Waals surface area contributed by atoms with Gasteiger partial charge >= 0.3 is 12.1 Å². The van der Waals surface area contributed by atoms with Gasteiger partial charge in [0.15, 0.2) is 5.96 Å². The monoisotopic (exact) mass is 398 g/mol. The van der Waals surface area contributed by atoms with E-state index in [9.17, 15) is 9.59 Å². The van der Waals surface area contributed by atoms with Crippen LogP contribution in [0.5, 0.6) is 0 Å². The van der Waals surface area contributed by atoms with Crippen LogP contribution in [0.3, 0.4) is 0 Å². The zero-order valence-corrected chi connectivity index (χ0v) is 18.1. The first-order chi connectivity index (χ1) is 13.2. The fraction of sp³-hybridized carbons (Fsp3) is 0.842. The molecule has 0 aromatic rings. The van der Waals surface area contributed by atoms with E-state index in [1.54, 1.807) is 9.80 Å². The number of likely N-dealkylation sites (tertiary alicyclic amines) is 1. The fourth-order valence-electron chi connectivity index (χ4n) is 2.93. The lowest BCUT2D eigenvalue weighted by Crippen LogP contribution is -2.50. The van der Waals surface area contributed by atoms with Gasteiger partial charge in [0.25, 0.3) is 0 Å². The number of nitrogens with zero attached hydrogens (tertiary/aromatic N) is 3. The molecule has 1 heterocycles. The maximum atomic E-state index is 12.3. The smallest absolute Gasteiger partial charge is 0.410 e. The first-order valence-corrected chi connectivity index (χ1v) is 10.2. The molecular weight excluding hydrogens is 360 g/mol. The second-order valence-electron chi connectivity index (χ2n) is 7.97. The Labute approximate surface area is 169 Å². The molecule has 1 saturated heterocycles. The van der Waals surface area contributed by atoms with Crippen molar-refractivity contribution >= 4 is 18.1 Å². The van der Waals surface area contributed by atoms with Crippen molar-refractivity contribution < 1.29 is 14.3 Å². The van der Waals surface area contributed by atoms with Crippen molar-refractivity contribution in [3.05, 3.63) is 0 Å². The van der Waals surface area contributed by atoms with E-state index in [2.05, 4.69) is 15.6 Å². The standard InChI is InChI=1S/C19H38N6O3/c1-6-11-25(18(27)28-19(3,4)5)14-10-22-17(21-7-2)23-15-8-12-24(13-9-15)16(20)26/h15H,6-14H2,1-5H3,(H2,20,26)(H2,21,22,23). The Morgan fingerprint density at radius 3 is 2.36 bits per heavy atom. The maximum absolute atomic E-state index is 12.3. The normalized spacial score (nSPS) is 15.9. The molecule has 162 valence electrons. The van der Waals surface area contributed by atoms with E-state index in [-0.39, 0.29) is 18.2 Å².